The Bertz CT molecular complexity index is 161. The van der Waals surface area contributed by atoms with E-state index < -0.39 is 6.23 Å². The van der Waals surface area contributed by atoms with Gasteiger partial charge in [0.25, 0.3) is 0 Å². The summed E-state index contributed by atoms with van der Waals surface area (Å²) >= 11 is 0. The summed E-state index contributed by atoms with van der Waals surface area (Å²) < 4.78 is 0. The molecule has 0 saturated heterocycles. The second-order valence-electron chi connectivity index (χ2n) is 4.72. The first-order valence-corrected chi connectivity index (χ1v) is 5.56. The number of nitrogens with zero attached hydrogens (tertiary/aromatic N) is 2. The Morgan fingerprint density at radius 1 is 1.14 bits per heavy atom. The van der Waals surface area contributed by atoms with Crippen LogP contribution in [0.25, 0.3) is 0 Å². The van der Waals surface area contributed by atoms with Crippen LogP contribution >= 0.6 is 0 Å². The molecular formula is C11H24N2O. The normalized spacial score (nSPS) is 14.9. The van der Waals surface area contributed by atoms with Gasteiger partial charge >= 0.3 is 0 Å². The summed E-state index contributed by atoms with van der Waals surface area (Å²) in [5, 5.41) is 17.4. The topological polar surface area (TPSA) is 45.0 Å². The minimum atomic E-state index is -0.605. The van der Waals surface area contributed by atoms with Crippen molar-refractivity contribution in [3.8, 4) is 0 Å². The summed E-state index contributed by atoms with van der Waals surface area (Å²) in [6.45, 7) is 8.09. The third-order valence-electron chi connectivity index (χ3n) is 1.81. The fourth-order valence-electron chi connectivity index (χ4n) is 1.05. The lowest BCUT2D eigenvalue weighted by Gasteiger charge is -2.11. The van der Waals surface area contributed by atoms with Crippen LogP contribution < -0.4 is 0 Å². The molecule has 0 fully saturated rings. The van der Waals surface area contributed by atoms with Gasteiger partial charge in [0.15, 0.2) is 6.23 Å². The quantitative estimate of drug-likeness (QED) is 0.517. The Labute approximate surface area is 87.6 Å². The Morgan fingerprint density at radius 2 is 1.79 bits per heavy atom. The van der Waals surface area contributed by atoms with Gasteiger partial charge < -0.3 is 5.11 Å². The number of hydrogen-bond acceptors (Lipinski definition) is 3. The van der Waals surface area contributed by atoms with E-state index in [-0.39, 0.29) is 5.54 Å². The van der Waals surface area contributed by atoms with E-state index in [0.29, 0.717) is 0 Å². The molecule has 0 aromatic carbocycles. The van der Waals surface area contributed by atoms with E-state index >= 15 is 0 Å². The van der Waals surface area contributed by atoms with Gasteiger partial charge in [0.1, 0.15) is 0 Å². The van der Waals surface area contributed by atoms with Gasteiger partial charge in [0.2, 0.25) is 0 Å². The maximum atomic E-state index is 9.45. The van der Waals surface area contributed by atoms with E-state index in [4.69, 9.17) is 0 Å². The van der Waals surface area contributed by atoms with Crippen molar-refractivity contribution >= 4 is 0 Å². The first-order valence-electron chi connectivity index (χ1n) is 5.56. The molecule has 1 unspecified atom stereocenters. The number of azo groups is 1. The SMILES string of the molecule is CCCCCCC(O)N=NC(C)(C)C. The molecule has 0 aliphatic heterocycles. The van der Waals surface area contributed by atoms with Gasteiger partial charge in [-0.25, -0.2) is 0 Å². The molecule has 3 nitrogen and oxygen atoms in total. The molecule has 1 atom stereocenters. The van der Waals surface area contributed by atoms with E-state index in [1.54, 1.807) is 0 Å². The molecule has 84 valence electrons. The van der Waals surface area contributed by atoms with E-state index in [1.165, 1.54) is 19.3 Å². The zero-order valence-corrected chi connectivity index (χ0v) is 9.95. The molecule has 3 heteroatoms. The van der Waals surface area contributed by atoms with Crippen molar-refractivity contribution < 1.29 is 5.11 Å². The van der Waals surface area contributed by atoms with E-state index in [9.17, 15) is 5.11 Å². The Balaban J connectivity index is 3.55. The highest BCUT2D eigenvalue weighted by Gasteiger charge is 2.08. The fourth-order valence-corrected chi connectivity index (χ4v) is 1.05. The summed E-state index contributed by atoms with van der Waals surface area (Å²) in [6, 6.07) is 0. The van der Waals surface area contributed by atoms with Gasteiger partial charge in [-0.15, -0.1) is 0 Å². The second-order valence-corrected chi connectivity index (χ2v) is 4.72. The third-order valence-corrected chi connectivity index (χ3v) is 1.81. The number of aliphatic hydroxyl groups is 1. The lowest BCUT2D eigenvalue weighted by Crippen LogP contribution is -2.11. The number of aliphatic hydroxyl groups excluding tert-OH is 1. The van der Waals surface area contributed by atoms with Crippen molar-refractivity contribution in [2.24, 2.45) is 10.2 Å². The molecule has 0 saturated carbocycles. The highest BCUT2D eigenvalue weighted by molar-refractivity contribution is 4.67. The summed E-state index contributed by atoms with van der Waals surface area (Å²) in [7, 11) is 0. The van der Waals surface area contributed by atoms with Crippen LogP contribution in [0.5, 0.6) is 0 Å². The number of unbranched alkanes of at least 4 members (excludes halogenated alkanes) is 3. The first-order chi connectivity index (χ1) is 6.45. The van der Waals surface area contributed by atoms with Crippen LogP contribution in [0.3, 0.4) is 0 Å². The van der Waals surface area contributed by atoms with E-state index in [0.717, 1.165) is 12.8 Å². The predicted octanol–water partition coefficient (Wildman–Crippen LogP) is 3.53. The standard InChI is InChI=1S/C11H24N2O/c1-5-6-7-8-9-10(14)12-13-11(2,3)4/h10,14H,5-9H2,1-4H3. The van der Waals surface area contributed by atoms with E-state index in [2.05, 4.69) is 17.2 Å². The maximum absolute atomic E-state index is 9.45. The van der Waals surface area contributed by atoms with Crippen molar-refractivity contribution in [3.05, 3.63) is 0 Å². The van der Waals surface area contributed by atoms with Crippen LogP contribution in [0.15, 0.2) is 10.2 Å². The summed E-state index contributed by atoms with van der Waals surface area (Å²) in [5.41, 5.74) is -0.176. The molecule has 0 aromatic heterocycles. The molecule has 14 heavy (non-hydrogen) atoms. The maximum Gasteiger partial charge on any atom is 0.165 e. The van der Waals surface area contributed by atoms with Gasteiger partial charge in [0, 0.05) is 0 Å². The molecule has 0 aromatic rings. The van der Waals surface area contributed by atoms with Gasteiger partial charge in [-0.1, -0.05) is 26.2 Å². The van der Waals surface area contributed by atoms with Crippen LogP contribution in [-0.4, -0.2) is 16.9 Å². The predicted molar refractivity (Wildman–Crippen MR) is 59.4 cm³/mol. The molecule has 0 amide bonds. The largest absolute Gasteiger partial charge is 0.370 e. The average molecular weight is 200 g/mol. The Morgan fingerprint density at radius 3 is 2.29 bits per heavy atom. The van der Waals surface area contributed by atoms with Gasteiger partial charge in [-0.05, 0) is 33.6 Å². The lowest BCUT2D eigenvalue weighted by molar-refractivity contribution is 0.157. The summed E-state index contributed by atoms with van der Waals surface area (Å²) in [5.74, 6) is 0. The lowest BCUT2D eigenvalue weighted by atomic mass is 10.1. The van der Waals surface area contributed by atoms with Gasteiger partial charge in [0.05, 0.1) is 5.54 Å². The molecule has 0 spiro atoms. The zero-order chi connectivity index (χ0) is 11.0. The molecule has 0 radical (unpaired) electrons. The van der Waals surface area contributed by atoms with Crippen molar-refractivity contribution in [2.45, 2.75) is 71.6 Å². The van der Waals surface area contributed by atoms with E-state index in [1.807, 2.05) is 20.8 Å². The minimum Gasteiger partial charge on any atom is -0.370 e. The monoisotopic (exact) mass is 200 g/mol. The minimum absolute atomic E-state index is 0.176. The number of rotatable bonds is 6. The third kappa shape index (κ3) is 9.65. The Kier molecular flexibility index (Phi) is 6.71. The van der Waals surface area contributed by atoms with Crippen LogP contribution in [0, 0.1) is 0 Å². The number of hydrogen-bond donors (Lipinski definition) is 1. The molecule has 0 aliphatic rings. The molecule has 0 bridgehead atoms. The average Bonchev–Trinajstić information content (AvgIpc) is 2.08. The summed E-state index contributed by atoms with van der Waals surface area (Å²) in [4.78, 5) is 0. The summed E-state index contributed by atoms with van der Waals surface area (Å²) in [6.07, 6.45) is 4.81. The van der Waals surface area contributed by atoms with Crippen LogP contribution in [0.4, 0.5) is 0 Å². The highest BCUT2D eigenvalue weighted by atomic mass is 16.3. The van der Waals surface area contributed by atoms with Crippen molar-refractivity contribution in [1.82, 2.24) is 0 Å². The van der Waals surface area contributed by atoms with Gasteiger partial charge in [-0.2, -0.15) is 10.2 Å². The fraction of sp³-hybridized carbons (Fsp3) is 1.00. The smallest absolute Gasteiger partial charge is 0.165 e. The Hall–Kier alpha value is -0.440. The zero-order valence-electron chi connectivity index (χ0n) is 9.95. The van der Waals surface area contributed by atoms with Crippen LogP contribution in [-0.2, 0) is 0 Å². The van der Waals surface area contributed by atoms with Crippen molar-refractivity contribution in [3.63, 3.8) is 0 Å². The van der Waals surface area contributed by atoms with Crippen molar-refractivity contribution in [1.29, 1.82) is 0 Å². The second kappa shape index (κ2) is 6.93. The van der Waals surface area contributed by atoms with Crippen LogP contribution in [0.2, 0.25) is 0 Å². The van der Waals surface area contributed by atoms with Gasteiger partial charge in [-0.3, -0.25) is 0 Å². The van der Waals surface area contributed by atoms with Crippen LogP contribution in [0.1, 0.15) is 59.8 Å². The highest BCUT2D eigenvalue weighted by Crippen LogP contribution is 2.11. The first kappa shape index (κ1) is 13.6. The molecule has 0 rings (SSSR count). The molecule has 1 N–H and O–H groups in total. The molecular weight excluding hydrogens is 176 g/mol. The molecule has 0 heterocycles. The van der Waals surface area contributed by atoms with Crippen molar-refractivity contribution in [2.75, 3.05) is 0 Å². The molecule has 0 aliphatic carbocycles.